The van der Waals surface area contributed by atoms with Gasteiger partial charge in [-0.25, -0.2) is 9.97 Å². The number of benzene rings is 2. The second-order valence-electron chi connectivity index (χ2n) is 8.14. The molecule has 0 bridgehead atoms. The predicted molar refractivity (Wildman–Crippen MR) is 143 cm³/mol. The molecule has 2 aromatic carbocycles. The second kappa shape index (κ2) is 14.0. The first-order chi connectivity index (χ1) is 16.6. The van der Waals surface area contributed by atoms with Gasteiger partial charge in [-0.05, 0) is 30.4 Å². The fraction of sp³-hybridized carbons (Fsp3) is 0.370. The van der Waals surface area contributed by atoms with E-state index in [2.05, 4.69) is 48.0 Å². The Morgan fingerprint density at radius 1 is 0.882 bits per heavy atom. The Bertz CT molecular complexity index is 1010. The molecule has 0 unspecified atom stereocenters. The van der Waals surface area contributed by atoms with E-state index < -0.39 is 0 Å². The van der Waals surface area contributed by atoms with E-state index in [1.165, 1.54) is 17.3 Å². The Hall–Kier alpha value is -2.57. The Balaban J connectivity index is 1.69. The molecule has 5 nitrogen and oxygen atoms in total. The Labute approximate surface area is 212 Å². The van der Waals surface area contributed by atoms with Crippen molar-refractivity contribution in [3.8, 4) is 0 Å². The van der Waals surface area contributed by atoms with Gasteiger partial charge in [0.1, 0.15) is 11.0 Å². The molecular weight excluding hydrogens is 464 g/mol. The molecule has 0 atom stereocenters. The highest BCUT2D eigenvalue weighted by Gasteiger charge is 2.17. The zero-order valence-electron chi connectivity index (χ0n) is 20.0. The standard InChI is InChI=1S/C27H33ClN4OS/c1-3-16-31(17-4-2)25-19-24(28)29-27(30-25)34-21-26(33)32(20-23-13-9-6-10-14-23)18-15-22-11-7-5-8-12-22/h5-14,19H,3-4,15-18,20-21H2,1-2H3. The molecule has 1 amide bonds. The molecule has 1 aromatic heterocycles. The number of anilines is 1. The summed E-state index contributed by atoms with van der Waals surface area (Å²) in [4.78, 5) is 26.5. The largest absolute Gasteiger partial charge is 0.356 e. The highest BCUT2D eigenvalue weighted by atomic mass is 35.5. The molecule has 0 saturated carbocycles. The summed E-state index contributed by atoms with van der Waals surface area (Å²) in [5, 5.41) is 0.943. The summed E-state index contributed by atoms with van der Waals surface area (Å²) < 4.78 is 0. The Morgan fingerprint density at radius 3 is 2.12 bits per heavy atom. The lowest BCUT2D eigenvalue weighted by Gasteiger charge is -2.24. The quantitative estimate of drug-likeness (QED) is 0.162. The summed E-state index contributed by atoms with van der Waals surface area (Å²) in [5.74, 6) is 1.15. The third-order valence-corrected chi connectivity index (χ3v) is 6.40. The van der Waals surface area contributed by atoms with Crippen molar-refractivity contribution in [2.45, 2.75) is 44.8 Å². The van der Waals surface area contributed by atoms with E-state index in [-0.39, 0.29) is 11.7 Å². The molecule has 0 radical (unpaired) electrons. The normalized spacial score (nSPS) is 10.8. The zero-order chi connectivity index (χ0) is 24.2. The molecule has 0 N–H and O–H groups in total. The van der Waals surface area contributed by atoms with Gasteiger partial charge in [0.15, 0.2) is 5.16 Å². The van der Waals surface area contributed by atoms with Gasteiger partial charge in [-0.1, -0.05) is 97.9 Å². The van der Waals surface area contributed by atoms with Gasteiger partial charge in [-0.15, -0.1) is 0 Å². The second-order valence-corrected chi connectivity index (χ2v) is 9.47. The summed E-state index contributed by atoms with van der Waals surface area (Å²) >= 11 is 7.66. The number of halogens is 1. The van der Waals surface area contributed by atoms with Crippen LogP contribution in [0.2, 0.25) is 5.15 Å². The number of nitrogens with zero attached hydrogens (tertiary/aromatic N) is 4. The molecule has 3 rings (SSSR count). The first-order valence-electron chi connectivity index (χ1n) is 11.9. The highest BCUT2D eigenvalue weighted by Crippen LogP contribution is 2.23. The summed E-state index contributed by atoms with van der Waals surface area (Å²) in [6.45, 7) is 7.35. The molecule has 0 aliphatic carbocycles. The van der Waals surface area contributed by atoms with Gasteiger partial charge in [0.25, 0.3) is 0 Å². The molecule has 0 fully saturated rings. The topological polar surface area (TPSA) is 49.3 Å². The van der Waals surface area contributed by atoms with Crippen molar-refractivity contribution in [1.29, 1.82) is 0 Å². The van der Waals surface area contributed by atoms with Gasteiger partial charge in [-0.3, -0.25) is 4.79 Å². The van der Waals surface area contributed by atoms with Crippen molar-refractivity contribution < 1.29 is 4.79 Å². The number of hydrogen-bond donors (Lipinski definition) is 0. The number of thioether (sulfide) groups is 1. The Kier molecular flexibility index (Phi) is 10.7. The molecule has 1 heterocycles. The smallest absolute Gasteiger partial charge is 0.233 e. The maximum atomic E-state index is 13.3. The summed E-state index contributed by atoms with van der Waals surface area (Å²) in [5.41, 5.74) is 2.33. The van der Waals surface area contributed by atoms with Gasteiger partial charge in [-0.2, -0.15) is 0 Å². The van der Waals surface area contributed by atoms with E-state index >= 15 is 0 Å². The van der Waals surface area contributed by atoms with Gasteiger partial charge in [0, 0.05) is 32.2 Å². The molecule has 0 aliphatic heterocycles. The van der Waals surface area contributed by atoms with Crippen LogP contribution in [0.4, 0.5) is 5.82 Å². The molecule has 0 aliphatic rings. The molecule has 34 heavy (non-hydrogen) atoms. The van der Waals surface area contributed by atoms with Gasteiger partial charge in [0.2, 0.25) is 5.91 Å². The highest BCUT2D eigenvalue weighted by molar-refractivity contribution is 7.99. The maximum Gasteiger partial charge on any atom is 0.233 e. The van der Waals surface area contributed by atoms with Crippen molar-refractivity contribution in [3.63, 3.8) is 0 Å². The van der Waals surface area contributed by atoms with Crippen LogP contribution in [0.1, 0.15) is 37.8 Å². The van der Waals surface area contributed by atoms with Crippen LogP contribution in [0.15, 0.2) is 71.9 Å². The number of hydrogen-bond acceptors (Lipinski definition) is 5. The van der Waals surface area contributed by atoms with E-state index in [0.29, 0.717) is 23.4 Å². The van der Waals surface area contributed by atoms with Crippen LogP contribution in [0.25, 0.3) is 0 Å². The van der Waals surface area contributed by atoms with Crippen LogP contribution in [0.5, 0.6) is 0 Å². The van der Waals surface area contributed by atoms with Crippen LogP contribution in [-0.2, 0) is 17.8 Å². The SMILES string of the molecule is CCCN(CCC)c1cc(Cl)nc(SCC(=O)N(CCc2ccccc2)Cc2ccccc2)n1. The van der Waals surface area contributed by atoms with Crippen molar-refractivity contribution in [2.75, 3.05) is 30.3 Å². The minimum absolute atomic E-state index is 0.0638. The number of aromatic nitrogens is 2. The van der Waals surface area contributed by atoms with Crippen LogP contribution < -0.4 is 4.90 Å². The van der Waals surface area contributed by atoms with Crippen LogP contribution in [-0.4, -0.2) is 46.2 Å². The maximum absolute atomic E-state index is 13.3. The van der Waals surface area contributed by atoms with Crippen molar-refractivity contribution >= 4 is 35.1 Å². The zero-order valence-corrected chi connectivity index (χ0v) is 21.6. The fourth-order valence-corrected chi connectivity index (χ4v) is 4.70. The number of rotatable bonds is 13. The molecule has 0 spiro atoms. The van der Waals surface area contributed by atoms with Crippen LogP contribution in [0.3, 0.4) is 0 Å². The van der Waals surface area contributed by atoms with Crippen molar-refractivity contribution in [3.05, 3.63) is 83.0 Å². The first-order valence-corrected chi connectivity index (χ1v) is 13.2. The fourth-order valence-electron chi connectivity index (χ4n) is 3.71. The molecular formula is C27H33ClN4OS. The van der Waals surface area contributed by atoms with Crippen molar-refractivity contribution in [1.82, 2.24) is 14.9 Å². The molecule has 180 valence electrons. The average molecular weight is 497 g/mol. The number of amides is 1. The van der Waals surface area contributed by atoms with E-state index in [9.17, 15) is 4.79 Å². The van der Waals surface area contributed by atoms with E-state index in [1.54, 1.807) is 6.07 Å². The van der Waals surface area contributed by atoms with Crippen LogP contribution >= 0.6 is 23.4 Å². The third-order valence-electron chi connectivity index (χ3n) is 5.38. The first kappa shape index (κ1) is 26.0. The van der Waals surface area contributed by atoms with Gasteiger partial charge < -0.3 is 9.80 Å². The lowest BCUT2D eigenvalue weighted by molar-refractivity contribution is -0.128. The lowest BCUT2D eigenvalue weighted by Crippen LogP contribution is -2.34. The van der Waals surface area contributed by atoms with E-state index in [4.69, 9.17) is 16.6 Å². The molecule has 3 aromatic rings. The summed E-state index contributed by atoms with van der Waals surface area (Å²) in [7, 11) is 0. The minimum atomic E-state index is 0.0638. The monoisotopic (exact) mass is 496 g/mol. The lowest BCUT2D eigenvalue weighted by atomic mass is 10.1. The van der Waals surface area contributed by atoms with E-state index in [1.807, 2.05) is 41.3 Å². The summed E-state index contributed by atoms with van der Waals surface area (Å²) in [6, 6.07) is 22.2. The number of carbonyl (C=O) groups is 1. The average Bonchev–Trinajstić information content (AvgIpc) is 2.86. The van der Waals surface area contributed by atoms with Crippen molar-refractivity contribution in [2.24, 2.45) is 0 Å². The summed E-state index contributed by atoms with van der Waals surface area (Å²) in [6.07, 6.45) is 2.86. The minimum Gasteiger partial charge on any atom is -0.356 e. The predicted octanol–water partition coefficient (Wildman–Crippen LogP) is 6.12. The van der Waals surface area contributed by atoms with Crippen LogP contribution in [0, 0.1) is 0 Å². The third kappa shape index (κ3) is 8.33. The van der Waals surface area contributed by atoms with Gasteiger partial charge in [0.05, 0.1) is 5.75 Å². The van der Waals surface area contributed by atoms with E-state index in [0.717, 1.165) is 43.7 Å². The Morgan fingerprint density at radius 2 is 1.50 bits per heavy atom. The molecule has 0 saturated heterocycles. The molecule has 7 heteroatoms. The van der Waals surface area contributed by atoms with Gasteiger partial charge >= 0.3 is 0 Å². The number of carbonyl (C=O) groups excluding carboxylic acids is 1.